The summed E-state index contributed by atoms with van der Waals surface area (Å²) in [4.78, 5) is 10.6. The van der Waals surface area contributed by atoms with Gasteiger partial charge in [0.05, 0.1) is 17.1 Å². The highest BCUT2D eigenvalue weighted by Crippen LogP contribution is 2.56. The molecule has 202 valence electrons. The molecule has 0 spiro atoms. The largest absolute Gasteiger partial charge is 0.261 e. The Bertz CT molecular complexity index is 1550. The van der Waals surface area contributed by atoms with E-state index in [4.69, 9.17) is 9.98 Å². The van der Waals surface area contributed by atoms with Gasteiger partial charge in [-0.2, -0.15) is 0 Å². The topological polar surface area (TPSA) is 25.2 Å². The van der Waals surface area contributed by atoms with Crippen molar-refractivity contribution >= 4 is 11.3 Å². The second-order valence-electron chi connectivity index (χ2n) is 11.2. The van der Waals surface area contributed by atoms with Gasteiger partial charge in [-0.25, -0.2) is 0 Å². The smallest absolute Gasteiger partial charge is 0.105 e. The van der Waals surface area contributed by atoms with Crippen LogP contribution in [0.25, 0.3) is 16.8 Å². The van der Waals surface area contributed by atoms with Crippen LogP contribution in [0.4, 0.5) is 0 Å². The second kappa shape index (κ2) is 11.8. The second-order valence-corrected chi connectivity index (χ2v) is 11.2. The van der Waals surface area contributed by atoms with Gasteiger partial charge < -0.3 is 0 Å². The molecule has 1 heterocycles. The van der Waals surface area contributed by atoms with Crippen molar-refractivity contribution in [2.75, 3.05) is 0 Å². The molecule has 1 unspecified atom stereocenters. The summed E-state index contributed by atoms with van der Waals surface area (Å²) in [6, 6.07) is 23.4. The van der Waals surface area contributed by atoms with Crippen LogP contribution in [-0.2, 0) is 10.8 Å². The summed E-state index contributed by atoms with van der Waals surface area (Å²) in [7, 11) is 0. The highest BCUT2D eigenvalue weighted by Gasteiger charge is 2.49. The van der Waals surface area contributed by atoms with Crippen LogP contribution in [0, 0.1) is 0 Å². The Labute approximate surface area is 240 Å². The Morgan fingerprint density at radius 2 is 1.70 bits per heavy atom. The molecule has 0 bridgehead atoms. The molecule has 0 saturated heterocycles. The van der Waals surface area contributed by atoms with E-state index in [1.54, 1.807) is 6.08 Å². The first-order chi connectivity index (χ1) is 19.2. The molecular weight excluding hydrogens is 484 g/mol. The molecule has 0 amide bonds. The number of rotatable bonds is 9. The summed E-state index contributed by atoms with van der Waals surface area (Å²) in [5.41, 5.74) is 9.73. The van der Waals surface area contributed by atoms with Gasteiger partial charge in [-0.05, 0) is 59.2 Å². The first-order valence-corrected chi connectivity index (χ1v) is 13.9. The number of fused-ring (bicyclic) bond motifs is 1. The maximum atomic E-state index is 5.35. The molecule has 1 aliphatic carbocycles. The zero-order valence-corrected chi connectivity index (χ0v) is 24.5. The van der Waals surface area contributed by atoms with Crippen LogP contribution in [0.15, 0.2) is 139 Å². The minimum absolute atomic E-state index is 0.0316. The molecule has 1 aliphatic rings. The van der Waals surface area contributed by atoms with Gasteiger partial charge >= 0.3 is 0 Å². The van der Waals surface area contributed by atoms with Gasteiger partial charge in [0.2, 0.25) is 0 Å². The molecule has 0 N–H and O–H groups in total. The van der Waals surface area contributed by atoms with Crippen molar-refractivity contribution < 1.29 is 0 Å². The summed E-state index contributed by atoms with van der Waals surface area (Å²) in [6.07, 6.45) is 12.6. The van der Waals surface area contributed by atoms with Gasteiger partial charge in [0.15, 0.2) is 0 Å². The molecule has 4 rings (SSSR count). The van der Waals surface area contributed by atoms with Crippen molar-refractivity contribution in [2.45, 2.75) is 51.9 Å². The lowest BCUT2D eigenvalue weighted by atomic mass is 9.70. The van der Waals surface area contributed by atoms with Crippen LogP contribution in [-0.4, -0.2) is 10.7 Å². The Kier molecular flexibility index (Phi) is 8.49. The minimum atomic E-state index is -0.759. The lowest BCUT2D eigenvalue weighted by Gasteiger charge is -2.35. The fourth-order valence-electron chi connectivity index (χ4n) is 5.58. The minimum Gasteiger partial charge on any atom is -0.261 e. The first-order valence-electron chi connectivity index (χ1n) is 13.9. The maximum absolute atomic E-state index is 5.35. The van der Waals surface area contributed by atoms with Crippen molar-refractivity contribution in [1.82, 2.24) is 4.98 Å². The quantitative estimate of drug-likeness (QED) is 0.202. The average molecular weight is 525 g/mol. The monoisotopic (exact) mass is 524 g/mol. The van der Waals surface area contributed by atoms with Crippen LogP contribution in [0.2, 0.25) is 0 Å². The van der Waals surface area contributed by atoms with Crippen molar-refractivity contribution in [1.29, 1.82) is 0 Å². The van der Waals surface area contributed by atoms with Crippen LogP contribution in [0.3, 0.4) is 0 Å². The zero-order valence-electron chi connectivity index (χ0n) is 24.5. The Morgan fingerprint density at radius 3 is 2.33 bits per heavy atom. The van der Waals surface area contributed by atoms with E-state index >= 15 is 0 Å². The fourth-order valence-corrected chi connectivity index (χ4v) is 5.58. The van der Waals surface area contributed by atoms with Crippen LogP contribution in [0.1, 0.15) is 63.4 Å². The van der Waals surface area contributed by atoms with E-state index in [0.717, 1.165) is 57.1 Å². The first kappa shape index (κ1) is 28.7. The van der Waals surface area contributed by atoms with Crippen molar-refractivity contribution in [3.05, 3.63) is 157 Å². The molecule has 0 fully saturated rings. The van der Waals surface area contributed by atoms with Gasteiger partial charge in [-0.15, -0.1) is 0 Å². The van der Waals surface area contributed by atoms with E-state index in [1.165, 1.54) is 5.56 Å². The van der Waals surface area contributed by atoms with Gasteiger partial charge in [0.1, 0.15) is 5.41 Å². The van der Waals surface area contributed by atoms with Gasteiger partial charge in [-0.3, -0.25) is 9.98 Å². The fraction of sp³-hybridized carbons (Fsp3) is 0.211. The third-order valence-electron chi connectivity index (χ3n) is 7.54. The molecule has 1 atom stereocenters. The molecule has 1 aromatic heterocycles. The molecule has 3 aromatic rings. The van der Waals surface area contributed by atoms with E-state index in [1.807, 2.05) is 36.4 Å². The summed E-state index contributed by atoms with van der Waals surface area (Å²) in [6.45, 7) is 23.2. The lowest BCUT2D eigenvalue weighted by Crippen LogP contribution is -2.32. The summed E-state index contributed by atoms with van der Waals surface area (Å²) < 4.78 is 0. The van der Waals surface area contributed by atoms with E-state index in [2.05, 4.69) is 115 Å². The van der Waals surface area contributed by atoms with Gasteiger partial charge in [-0.1, -0.05) is 132 Å². The van der Waals surface area contributed by atoms with Gasteiger partial charge in [0, 0.05) is 17.7 Å². The zero-order chi connectivity index (χ0) is 28.9. The van der Waals surface area contributed by atoms with E-state index in [0.29, 0.717) is 0 Å². The van der Waals surface area contributed by atoms with E-state index < -0.39 is 5.41 Å². The number of aromatic nitrogens is 1. The third-order valence-corrected chi connectivity index (χ3v) is 7.54. The molecule has 2 nitrogen and oxygen atoms in total. The molecular formula is C38H40N2. The summed E-state index contributed by atoms with van der Waals surface area (Å²) >= 11 is 0. The third kappa shape index (κ3) is 5.14. The SMILES string of the molecule is C=CC=CCC(C)=N/C(=C\C)C1(c2cccc(-c3ccccc3)n2)C(C=C)=C(C=C)c2ccc(C(C)(C)C)cc21. The van der Waals surface area contributed by atoms with E-state index in [9.17, 15) is 0 Å². The predicted octanol–water partition coefficient (Wildman–Crippen LogP) is 9.97. The van der Waals surface area contributed by atoms with Gasteiger partial charge in [0.25, 0.3) is 0 Å². The molecule has 0 aliphatic heterocycles. The standard InChI is InChI=1S/C38H40N2/c1-9-13-15-19-27(5)39-35(12-4)38(36-23-18-22-34(40-36)28-20-16-14-17-21-28)32(11-3)30(10-2)31-25-24-29(26-33(31)38)37(6,7)8/h9-18,20-26H,1-3,19H2,4-8H3/b15-13?,35-12-,39-27?. The number of benzene rings is 2. The lowest BCUT2D eigenvalue weighted by molar-refractivity contribution is 0.586. The molecule has 0 radical (unpaired) electrons. The number of nitrogens with zero attached hydrogens (tertiary/aromatic N) is 2. The van der Waals surface area contributed by atoms with Crippen LogP contribution < -0.4 is 0 Å². The molecule has 0 saturated carbocycles. The highest BCUT2D eigenvalue weighted by molar-refractivity contribution is 5.92. The number of aliphatic imine (C=N–C) groups is 1. The maximum Gasteiger partial charge on any atom is 0.105 e. The van der Waals surface area contributed by atoms with Crippen molar-refractivity contribution in [3.63, 3.8) is 0 Å². The molecule has 2 aromatic carbocycles. The number of hydrogen-bond donors (Lipinski definition) is 0. The summed E-state index contributed by atoms with van der Waals surface area (Å²) in [5.74, 6) is 0. The Hall–Kier alpha value is -4.30. The van der Waals surface area contributed by atoms with Crippen molar-refractivity contribution in [3.8, 4) is 11.3 Å². The highest BCUT2D eigenvalue weighted by atomic mass is 14.8. The number of allylic oxidation sites excluding steroid dienone is 8. The van der Waals surface area contributed by atoms with Crippen molar-refractivity contribution in [2.24, 2.45) is 4.99 Å². The molecule has 40 heavy (non-hydrogen) atoms. The Morgan fingerprint density at radius 1 is 0.950 bits per heavy atom. The predicted molar refractivity (Wildman–Crippen MR) is 174 cm³/mol. The van der Waals surface area contributed by atoms with Crippen LogP contribution in [0.5, 0.6) is 0 Å². The van der Waals surface area contributed by atoms with E-state index in [-0.39, 0.29) is 5.41 Å². The number of hydrogen-bond acceptors (Lipinski definition) is 2. The normalized spacial score (nSPS) is 17.7. The number of pyridine rings is 1. The summed E-state index contributed by atoms with van der Waals surface area (Å²) in [5, 5.41) is 0. The van der Waals surface area contributed by atoms with Crippen LogP contribution >= 0.6 is 0 Å². The molecule has 2 heteroatoms. The average Bonchev–Trinajstić information content (AvgIpc) is 3.25. The Balaban J connectivity index is 2.13.